The Balaban J connectivity index is 1.18. The molecule has 2 aliphatic rings. The highest BCUT2D eigenvalue weighted by molar-refractivity contribution is 5.94. The molecule has 0 spiro atoms. The van der Waals surface area contributed by atoms with Gasteiger partial charge in [0.15, 0.2) is 0 Å². The van der Waals surface area contributed by atoms with Crippen LogP contribution in [0.1, 0.15) is 45.4 Å². The van der Waals surface area contributed by atoms with Crippen LogP contribution in [0.3, 0.4) is 0 Å². The molecule has 0 unspecified atom stereocenters. The number of pyridine rings is 2. The Bertz CT molecular complexity index is 1550. The molecule has 0 aliphatic carbocycles. The van der Waals surface area contributed by atoms with Crippen LogP contribution in [0.15, 0.2) is 48.8 Å². The number of hydrogen-bond donors (Lipinski definition) is 1. The Morgan fingerprint density at radius 2 is 2.08 bits per heavy atom. The van der Waals surface area contributed by atoms with Crippen molar-refractivity contribution in [3.8, 4) is 6.07 Å². The van der Waals surface area contributed by atoms with Crippen molar-refractivity contribution in [2.45, 2.75) is 38.6 Å². The molecule has 0 bridgehead atoms. The number of nitrogens with zero attached hydrogens (tertiary/aromatic N) is 6. The number of amides is 1. The summed E-state index contributed by atoms with van der Waals surface area (Å²) in [6.07, 6.45) is 3.70. The van der Waals surface area contributed by atoms with Gasteiger partial charge in [-0.2, -0.15) is 10.4 Å². The maximum absolute atomic E-state index is 12.9. The third-order valence-electron chi connectivity index (χ3n) is 7.08. The Labute approximate surface area is 208 Å². The summed E-state index contributed by atoms with van der Waals surface area (Å²) >= 11 is 0. The van der Waals surface area contributed by atoms with Crippen molar-refractivity contribution in [1.29, 1.82) is 5.26 Å². The van der Waals surface area contributed by atoms with Gasteiger partial charge in [0.05, 0.1) is 55.5 Å². The molecular weight excluding hydrogens is 454 g/mol. The van der Waals surface area contributed by atoms with E-state index in [0.717, 1.165) is 46.6 Å². The van der Waals surface area contributed by atoms with Crippen LogP contribution < -0.4 is 10.2 Å². The lowest BCUT2D eigenvalue weighted by Gasteiger charge is -2.30. The van der Waals surface area contributed by atoms with E-state index in [1.54, 1.807) is 12.3 Å². The molecule has 180 valence electrons. The number of nitriles is 1. The highest BCUT2D eigenvalue weighted by Gasteiger charge is 2.33. The van der Waals surface area contributed by atoms with Crippen LogP contribution in [-0.2, 0) is 43.4 Å². The molecule has 0 saturated carbocycles. The van der Waals surface area contributed by atoms with E-state index >= 15 is 0 Å². The summed E-state index contributed by atoms with van der Waals surface area (Å²) in [6, 6.07) is 13.7. The number of hydrogen-bond acceptors (Lipinski definition) is 7. The van der Waals surface area contributed by atoms with Gasteiger partial charge in [-0.3, -0.25) is 14.5 Å². The zero-order chi connectivity index (χ0) is 24.9. The lowest BCUT2D eigenvalue weighted by molar-refractivity contribution is 0.0757. The smallest absolute Gasteiger partial charge is 0.251 e. The van der Waals surface area contributed by atoms with Gasteiger partial charge in [-0.05, 0) is 48.4 Å². The number of benzene rings is 1. The van der Waals surface area contributed by atoms with E-state index in [1.165, 1.54) is 11.3 Å². The SMILES string of the molecule is Cn1ncc2c1CN(c1ccc3cnc(CNC(=O)c4ccc5c(c4)[C@](C)(C#N)COC5)cc3n1)C2. The number of ether oxygens (including phenoxy) is 1. The molecule has 5 heterocycles. The third kappa shape index (κ3) is 3.76. The second kappa shape index (κ2) is 8.43. The van der Waals surface area contributed by atoms with Gasteiger partial charge < -0.3 is 15.0 Å². The quantitative estimate of drug-likeness (QED) is 0.479. The van der Waals surface area contributed by atoms with E-state index in [4.69, 9.17) is 9.72 Å². The number of anilines is 1. The molecule has 1 N–H and O–H groups in total. The number of rotatable bonds is 4. The van der Waals surface area contributed by atoms with Gasteiger partial charge >= 0.3 is 0 Å². The van der Waals surface area contributed by atoms with E-state index in [0.29, 0.717) is 18.8 Å². The summed E-state index contributed by atoms with van der Waals surface area (Å²) in [5.41, 5.74) is 5.53. The highest BCUT2D eigenvalue weighted by Crippen LogP contribution is 2.32. The van der Waals surface area contributed by atoms with Crippen LogP contribution in [0, 0.1) is 11.3 Å². The largest absolute Gasteiger partial charge is 0.375 e. The topological polar surface area (TPSA) is 109 Å². The molecule has 3 aromatic heterocycles. The van der Waals surface area contributed by atoms with E-state index < -0.39 is 5.41 Å². The minimum absolute atomic E-state index is 0.211. The minimum Gasteiger partial charge on any atom is -0.375 e. The van der Waals surface area contributed by atoms with Gasteiger partial charge in [0.1, 0.15) is 11.2 Å². The Hall–Kier alpha value is -4.29. The zero-order valence-corrected chi connectivity index (χ0v) is 20.2. The fourth-order valence-electron chi connectivity index (χ4n) is 4.93. The number of carbonyl (C=O) groups is 1. The summed E-state index contributed by atoms with van der Waals surface area (Å²) in [5.74, 6) is 0.690. The average molecular weight is 480 g/mol. The second-order valence-corrected chi connectivity index (χ2v) is 9.63. The van der Waals surface area contributed by atoms with Crippen molar-refractivity contribution in [3.63, 3.8) is 0 Å². The first-order valence-corrected chi connectivity index (χ1v) is 11.8. The van der Waals surface area contributed by atoms with Gasteiger partial charge in [-0.15, -0.1) is 0 Å². The maximum atomic E-state index is 12.9. The second-order valence-electron chi connectivity index (χ2n) is 9.63. The fourth-order valence-corrected chi connectivity index (χ4v) is 4.93. The van der Waals surface area contributed by atoms with Crippen molar-refractivity contribution in [2.24, 2.45) is 7.05 Å². The van der Waals surface area contributed by atoms with Crippen molar-refractivity contribution < 1.29 is 9.53 Å². The Morgan fingerprint density at radius 1 is 1.19 bits per heavy atom. The number of carbonyl (C=O) groups excluding carboxylic acids is 1. The summed E-state index contributed by atoms with van der Waals surface area (Å²) < 4.78 is 7.47. The van der Waals surface area contributed by atoms with Gasteiger partial charge in [0.25, 0.3) is 5.91 Å². The molecule has 9 heteroatoms. The van der Waals surface area contributed by atoms with Crippen molar-refractivity contribution in [1.82, 2.24) is 25.1 Å². The highest BCUT2D eigenvalue weighted by atomic mass is 16.5. The molecule has 1 atom stereocenters. The van der Waals surface area contributed by atoms with Crippen LogP contribution >= 0.6 is 0 Å². The van der Waals surface area contributed by atoms with Gasteiger partial charge in [-0.25, -0.2) is 4.98 Å². The first kappa shape index (κ1) is 22.2. The maximum Gasteiger partial charge on any atom is 0.251 e. The number of aryl methyl sites for hydroxylation is 1. The lowest BCUT2D eigenvalue weighted by atomic mass is 9.79. The van der Waals surface area contributed by atoms with Gasteiger partial charge in [-0.1, -0.05) is 6.07 Å². The van der Waals surface area contributed by atoms with Crippen LogP contribution in [0.5, 0.6) is 0 Å². The molecule has 36 heavy (non-hydrogen) atoms. The summed E-state index contributed by atoms with van der Waals surface area (Å²) in [4.78, 5) is 24.5. The van der Waals surface area contributed by atoms with Crippen molar-refractivity contribution in [2.75, 3.05) is 11.5 Å². The van der Waals surface area contributed by atoms with Crippen molar-refractivity contribution >= 4 is 22.6 Å². The number of nitrogens with one attached hydrogen (secondary N) is 1. The van der Waals surface area contributed by atoms with E-state index in [1.807, 2.05) is 55.2 Å². The Kier molecular flexibility index (Phi) is 5.20. The molecule has 1 aromatic carbocycles. The molecule has 0 fully saturated rings. The lowest BCUT2D eigenvalue weighted by Crippen LogP contribution is -2.33. The van der Waals surface area contributed by atoms with Crippen LogP contribution in [-0.4, -0.2) is 32.3 Å². The first-order valence-electron chi connectivity index (χ1n) is 11.8. The molecule has 0 radical (unpaired) electrons. The summed E-state index contributed by atoms with van der Waals surface area (Å²) in [7, 11) is 1.96. The average Bonchev–Trinajstić information content (AvgIpc) is 3.48. The predicted octanol–water partition coefficient (Wildman–Crippen LogP) is 3.12. The van der Waals surface area contributed by atoms with Crippen LogP contribution in [0.4, 0.5) is 5.82 Å². The van der Waals surface area contributed by atoms with Gasteiger partial charge in [0, 0.05) is 36.3 Å². The van der Waals surface area contributed by atoms with Gasteiger partial charge in [0.2, 0.25) is 0 Å². The number of fused-ring (bicyclic) bond motifs is 3. The molecule has 2 aliphatic heterocycles. The van der Waals surface area contributed by atoms with E-state index in [9.17, 15) is 10.1 Å². The standard InChI is InChI=1S/C27H25N7O2/c1-27(15-28)16-36-14-19-4-3-17(7-22(19)27)26(35)30-11-21-8-23-18(9-29-21)5-6-25(32-23)34-12-20-10-31-33(2)24(20)13-34/h3-10H,11-14,16H2,1-2H3,(H,30,35)/t27-/m1/s1. The molecule has 6 rings (SSSR count). The third-order valence-corrected chi connectivity index (χ3v) is 7.08. The van der Waals surface area contributed by atoms with Crippen LogP contribution in [0.25, 0.3) is 10.9 Å². The minimum atomic E-state index is -0.764. The fraction of sp³-hybridized carbons (Fsp3) is 0.296. The van der Waals surface area contributed by atoms with E-state index in [2.05, 4.69) is 26.4 Å². The summed E-state index contributed by atoms with van der Waals surface area (Å²) in [5, 5.41) is 17.9. The van der Waals surface area contributed by atoms with E-state index in [-0.39, 0.29) is 12.5 Å². The van der Waals surface area contributed by atoms with Crippen LogP contribution in [0.2, 0.25) is 0 Å². The number of aromatic nitrogens is 4. The monoisotopic (exact) mass is 479 g/mol. The normalized spacial score (nSPS) is 18.5. The first-order chi connectivity index (χ1) is 17.4. The zero-order valence-electron chi connectivity index (χ0n) is 20.2. The molecule has 0 saturated heterocycles. The summed E-state index contributed by atoms with van der Waals surface area (Å²) in [6.45, 7) is 4.44. The molecule has 1 amide bonds. The predicted molar refractivity (Wildman–Crippen MR) is 133 cm³/mol. The van der Waals surface area contributed by atoms with Crippen molar-refractivity contribution in [3.05, 3.63) is 82.4 Å². The molecule has 9 nitrogen and oxygen atoms in total. The molecule has 4 aromatic rings. The Morgan fingerprint density at radius 3 is 2.92 bits per heavy atom. The molecular formula is C27H25N7O2.